The number of hydrogen-bond donors (Lipinski definition) is 2. The molecule has 0 aromatic rings. The Balaban J connectivity index is 2.72. The van der Waals surface area contributed by atoms with Crippen molar-refractivity contribution in [3.8, 4) is 0 Å². The summed E-state index contributed by atoms with van der Waals surface area (Å²) in [5.41, 5.74) is 4.15. The number of aliphatic carboxylic acids is 1. The quantitative estimate of drug-likeness (QED) is 0.649. The molecule has 68 valence electrons. The predicted molar refractivity (Wildman–Crippen MR) is 42.3 cm³/mol. The van der Waals surface area contributed by atoms with Gasteiger partial charge in [-0.15, -0.1) is 0 Å². The number of carbonyl (C=O) groups excluding carboxylic acids is 1. The molecule has 0 atom stereocenters. The lowest BCUT2D eigenvalue weighted by molar-refractivity contribution is -0.151. The minimum Gasteiger partial charge on any atom is -0.481 e. The number of carboxylic acid groups (broad SMARTS) is 1. The molecule has 3 N–H and O–H groups in total. The summed E-state index contributed by atoms with van der Waals surface area (Å²) in [6.07, 6.45) is 2.94. The fourth-order valence-corrected chi connectivity index (χ4v) is 1.85. The molecule has 0 radical (unpaired) electrons. The smallest absolute Gasteiger partial charge is 0.310 e. The van der Waals surface area contributed by atoms with Gasteiger partial charge in [-0.2, -0.15) is 0 Å². The van der Waals surface area contributed by atoms with Crippen molar-refractivity contribution >= 4 is 11.9 Å². The molecule has 1 amide bonds. The monoisotopic (exact) mass is 171 g/mol. The first-order valence-corrected chi connectivity index (χ1v) is 4.08. The second kappa shape index (κ2) is 3.13. The number of rotatable bonds is 3. The summed E-state index contributed by atoms with van der Waals surface area (Å²) in [5.74, 6) is -1.39. The topological polar surface area (TPSA) is 80.4 Å². The molecule has 4 heteroatoms. The summed E-state index contributed by atoms with van der Waals surface area (Å²) in [6.45, 7) is 0. The van der Waals surface area contributed by atoms with Crippen molar-refractivity contribution in [1.29, 1.82) is 0 Å². The Morgan fingerprint density at radius 2 is 1.83 bits per heavy atom. The summed E-state index contributed by atoms with van der Waals surface area (Å²) >= 11 is 0. The molecule has 1 fully saturated rings. The molecule has 1 rings (SSSR count). The van der Waals surface area contributed by atoms with Gasteiger partial charge >= 0.3 is 5.97 Å². The van der Waals surface area contributed by atoms with E-state index < -0.39 is 17.3 Å². The van der Waals surface area contributed by atoms with E-state index in [1.54, 1.807) is 0 Å². The minimum absolute atomic E-state index is 0.0116. The Labute approximate surface area is 70.7 Å². The molecule has 1 aliphatic carbocycles. The fraction of sp³-hybridized carbons (Fsp3) is 0.750. The van der Waals surface area contributed by atoms with Gasteiger partial charge in [-0.05, 0) is 12.8 Å². The summed E-state index contributed by atoms with van der Waals surface area (Å²) in [6, 6.07) is 0. The maximum Gasteiger partial charge on any atom is 0.310 e. The van der Waals surface area contributed by atoms with Crippen LogP contribution >= 0.6 is 0 Å². The van der Waals surface area contributed by atoms with E-state index in [0.29, 0.717) is 12.8 Å². The molecule has 1 saturated carbocycles. The van der Waals surface area contributed by atoms with Crippen molar-refractivity contribution in [3.05, 3.63) is 0 Å². The number of primary amides is 1. The Bertz CT molecular complexity index is 206. The van der Waals surface area contributed by atoms with E-state index >= 15 is 0 Å². The molecule has 0 aromatic heterocycles. The highest BCUT2D eigenvalue weighted by Gasteiger charge is 2.42. The molecule has 0 aromatic carbocycles. The van der Waals surface area contributed by atoms with E-state index in [-0.39, 0.29) is 6.42 Å². The summed E-state index contributed by atoms with van der Waals surface area (Å²) < 4.78 is 0. The Morgan fingerprint density at radius 3 is 2.17 bits per heavy atom. The highest BCUT2D eigenvalue weighted by molar-refractivity contribution is 5.84. The van der Waals surface area contributed by atoms with E-state index in [2.05, 4.69) is 0 Å². The van der Waals surface area contributed by atoms with Gasteiger partial charge in [0, 0.05) is 6.42 Å². The largest absolute Gasteiger partial charge is 0.481 e. The number of hydrogen-bond acceptors (Lipinski definition) is 2. The van der Waals surface area contributed by atoms with Crippen molar-refractivity contribution in [2.45, 2.75) is 32.1 Å². The third-order valence-electron chi connectivity index (χ3n) is 2.53. The second-order valence-electron chi connectivity index (χ2n) is 3.44. The first-order chi connectivity index (χ1) is 5.57. The van der Waals surface area contributed by atoms with Crippen molar-refractivity contribution in [2.75, 3.05) is 0 Å². The molecule has 0 saturated heterocycles. The maximum atomic E-state index is 10.9. The van der Waals surface area contributed by atoms with Crippen molar-refractivity contribution < 1.29 is 14.7 Å². The van der Waals surface area contributed by atoms with E-state index in [9.17, 15) is 9.59 Å². The minimum atomic E-state index is -0.876. The van der Waals surface area contributed by atoms with Crippen LogP contribution in [0, 0.1) is 5.41 Å². The number of amides is 1. The summed E-state index contributed by atoms with van der Waals surface area (Å²) in [7, 11) is 0. The molecule has 0 bridgehead atoms. The SMILES string of the molecule is NC(=O)CC1(C(=O)O)CCCC1. The van der Waals surface area contributed by atoms with E-state index in [0.717, 1.165) is 12.8 Å². The van der Waals surface area contributed by atoms with Gasteiger partial charge in [0.05, 0.1) is 5.41 Å². The third-order valence-corrected chi connectivity index (χ3v) is 2.53. The number of carbonyl (C=O) groups is 2. The molecule has 0 spiro atoms. The van der Waals surface area contributed by atoms with Crippen LogP contribution in [-0.2, 0) is 9.59 Å². The number of nitrogens with two attached hydrogens (primary N) is 1. The highest BCUT2D eigenvalue weighted by Crippen LogP contribution is 2.41. The Hall–Kier alpha value is -1.06. The van der Waals surface area contributed by atoms with Gasteiger partial charge < -0.3 is 10.8 Å². The van der Waals surface area contributed by atoms with Crippen molar-refractivity contribution in [2.24, 2.45) is 11.1 Å². The average molecular weight is 171 g/mol. The maximum absolute atomic E-state index is 10.9. The molecular weight excluding hydrogens is 158 g/mol. The van der Waals surface area contributed by atoms with E-state index in [4.69, 9.17) is 10.8 Å². The molecule has 1 aliphatic rings. The summed E-state index contributed by atoms with van der Waals surface area (Å²) in [5, 5.41) is 8.90. The van der Waals surface area contributed by atoms with Crippen LogP contribution in [0.1, 0.15) is 32.1 Å². The van der Waals surface area contributed by atoms with Crippen LogP contribution in [0.2, 0.25) is 0 Å². The molecular formula is C8H13NO3. The molecule has 4 nitrogen and oxygen atoms in total. The van der Waals surface area contributed by atoms with E-state index in [1.165, 1.54) is 0 Å². The van der Waals surface area contributed by atoms with Crippen LogP contribution in [0.4, 0.5) is 0 Å². The van der Waals surface area contributed by atoms with Gasteiger partial charge in [-0.1, -0.05) is 12.8 Å². The van der Waals surface area contributed by atoms with Crippen molar-refractivity contribution in [3.63, 3.8) is 0 Å². The molecule has 0 aliphatic heterocycles. The van der Waals surface area contributed by atoms with Gasteiger partial charge in [-0.25, -0.2) is 0 Å². The number of carboxylic acids is 1. The Kier molecular flexibility index (Phi) is 2.35. The highest BCUT2D eigenvalue weighted by atomic mass is 16.4. The zero-order valence-corrected chi connectivity index (χ0v) is 6.88. The predicted octanol–water partition coefficient (Wildman–Crippen LogP) is 0.507. The van der Waals surface area contributed by atoms with Gasteiger partial charge in [0.15, 0.2) is 0 Å². The van der Waals surface area contributed by atoms with E-state index in [1.807, 2.05) is 0 Å². The van der Waals surface area contributed by atoms with Crippen LogP contribution in [0.5, 0.6) is 0 Å². The average Bonchev–Trinajstić information content (AvgIpc) is 2.35. The zero-order chi connectivity index (χ0) is 9.19. The van der Waals surface area contributed by atoms with Crippen molar-refractivity contribution in [1.82, 2.24) is 0 Å². The normalized spacial score (nSPS) is 20.7. The van der Waals surface area contributed by atoms with Gasteiger partial charge in [0.1, 0.15) is 0 Å². The third kappa shape index (κ3) is 1.57. The second-order valence-corrected chi connectivity index (χ2v) is 3.44. The standard InChI is InChI=1S/C8H13NO3/c9-6(10)5-8(7(11)12)3-1-2-4-8/h1-5H2,(H2,9,10)(H,11,12). The fourth-order valence-electron chi connectivity index (χ4n) is 1.85. The lowest BCUT2D eigenvalue weighted by atomic mass is 9.83. The van der Waals surface area contributed by atoms with Crippen LogP contribution in [0.25, 0.3) is 0 Å². The lowest BCUT2D eigenvalue weighted by Crippen LogP contribution is -2.33. The van der Waals surface area contributed by atoms with Gasteiger partial charge in [0.25, 0.3) is 0 Å². The van der Waals surface area contributed by atoms with Gasteiger partial charge in [0.2, 0.25) is 5.91 Å². The van der Waals surface area contributed by atoms with Gasteiger partial charge in [-0.3, -0.25) is 9.59 Å². The first-order valence-electron chi connectivity index (χ1n) is 4.08. The van der Waals surface area contributed by atoms with Crippen LogP contribution in [0.15, 0.2) is 0 Å². The molecule has 12 heavy (non-hydrogen) atoms. The first kappa shape index (κ1) is 9.03. The zero-order valence-electron chi connectivity index (χ0n) is 6.88. The lowest BCUT2D eigenvalue weighted by Gasteiger charge is -2.21. The summed E-state index contributed by atoms with van der Waals surface area (Å²) in [4.78, 5) is 21.5. The van der Waals surface area contributed by atoms with Crippen LogP contribution in [0.3, 0.4) is 0 Å². The molecule has 0 heterocycles. The molecule has 0 unspecified atom stereocenters. The Morgan fingerprint density at radius 1 is 1.33 bits per heavy atom. The van der Waals surface area contributed by atoms with Crippen LogP contribution < -0.4 is 5.73 Å². The van der Waals surface area contributed by atoms with Crippen LogP contribution in [-0.4, -0.2) is 17.0 Å².